The fourth-order valence-electron chi connectivity index (χ4n) is 4.18. The third kappa shape index (κ3) is 6.89. The molecule has 202 valence electrons. The predicted octanol–water partition coefficient (Wildman–Crippen LogP) is 5.94. The topological polar surface area (TPSA) is 111 Å². The summed E-state index contributed by atoms with van der Waals surface area (Å²) in [4.78, 5) is 13.4. The molecule has 1 aromatic carbocycles. The summed E-state index contributed by atoms with van der Waals surface area (Å²) in [6.45, 7) is 5.02. The zero-order chi connectivity index (χ0) is 27.4. The van der Waals surface area contributed by atoms with E-state index in [1.165, 1.54) is 24.3 Å². The number of nitrogens with one attached hydrogen (secondary N) is 1. The Kier molecular flexibility index (Phi) is 7.44. The molecule has 1 aliphatic rings. The van der Waals surface area contributed by atoms with Crippen molar-refractivity contribution in [1.82, 2.24) is 20.3 Å². The Balaban J connectivity index is 1.16. The summed E-state index contributed by atoms with van der Waals surface area (Å²) in [5.41, 5.74) is 4.23. The quantitative estimate of drug-likeness (QED) is 0.279. The van der Waals surface area contributed by atoms with Gasteiger partial charge in [0.1, 0.15) is 17.3 Å². The summed E-state index contributed by atoms with van der Waals surface area (Å²) < 4.78 is 51.6. The van der Waals surface area contributed by atoms with E-state index in [9.17, 15) is 13.2 Å². The maximum absolute atomic E-state index is 12.4. The van der Waals surface area contributed by atoms with Crippen LogP contribution in [0.25, 0.3) is 11.4 Å². The van der Waals surface area contributed by atoms with Crippen LogP contribution in [0.4, 0.5) is 19.0 Å². The molecule has 39 heavy (non-hydrogen) atoms. The number of allylic oxidation sites excluding steroid dienone is 1. The second-order valence-corrected chi connectivity index (χ2v) is 9.18. The maximum atomic E-state index is 12.4. The maximum Gasteiger partial charge on any atom is 0.573 e. The fourth-order valence-corrected chi connectivity index (χ4v) is 4.18. The number of aromatic nitrogens is 4. The lowest BCUT2D eigenvalue weighted by Gasteiger charge is -2.20. The summed E-state index contributed by atoms with van der Waals surface area (Å²) in [5.74, 6) is 1.96. The number of anilines is 1. The highest BCUT2D eigenvalue weighted by Gasteiger charge is 2.31. The Labute approximate surface area is 221 Å². The van der Waals surface area contributed by atoms with Crippen molar-refractivity contribution in [3.8, 4) is 17.1 Å². The minimum absolute atomic E-state index is 0.250. The Hall–Kier alpha value is -4.48. The van der Waals surface area contributed by atoms with Gasteiger partial charge in [-0.15, -0.1) is 13.2 Å². The molecule has 1 aliphatic heterocycles. The lowest BCUT2D eigenvalue weighted by molar-refractivity contribution is -0.274. The summed E-state index contributed by atoms with van der Waals surface area (Å²) >= 11 is 0. The molecule has 0 aliphatic carbocycles. The van der Waals surface area contributed by atoms with Crippen LogP contribution in [0.3, 0.4) is 0 Å². The van der Waals surface area contributed by atoms with E-state index in [0.29, 0.717) is 24.4 Å². The third-order valence-electron chi connectivity index (χ3n) is 6.21. The van der Waals surface area contributed by atoms with E-state index >= 15 is 0 Å². The molecule has 0 spiro atoms. The van der Waals surface area contributed by atoms with Crippen LogP contribution in [0.2, 0.25) is 0 Å². The molecular formula is C27H25F3N6O3. The molecule has 0 radical (unpaired) electrons. The second kappa shape index (κ2) is 11.1. The molecule has 1 atom stereocenters. The van der Waals surface area contributed by atoms with Crippen molar-refractivity contribution in [2.75, 3.05) is 11.9 Å². The molecular weight excluding hydrogens is 513 g/mol. The normalized spacial score (nSPS) is 15.6. The van der Waals surface area contributed by atoms with E-state index in [4.69, 9.17) is 9.05 Å². The van der Waals surface area contributed by atoms with Crippen molar-refractivity contribution in [3.63, 3.8) is 0 Å². The number of nitrogens with zero attached hydrogens (tertiary/aromatic N) is 5. The lowest BCUT2D eigenvalue weighted by Crippen LogP contribution is -2.17. The van der Waals surface area contributed by atoms with Gasteiger partial charge in [-0.05, 0) is 80.6 Å². The molecule has 5 rings (SSSR count). The van der Waals surface area contributed by atoms with Gasteiger partial charge in [0.05, 0.1) is 12.2 Å². The first-order valence-electron chi connectivity index (χ1n) is 12.3. The first-order chi connectivity index (χ1) is 18.7. The number of alkyl halides is 3. The van der Waals surface area contributed by atoms with Crippen LogP contribution in [0.1, 0.15) is 36.3 Å². The second-order valence-electron chi connectivity index (χ2n) is 9.18. The molecule has 3 aromatic heterocycles. The SMILES string of the molecule is CC1=CC(c2nc(-c3ccc(OC(F)(F)F)cc3)no2)=NCC1CCc1ccnc(NCc2cc(C)no2)c1. The number of dihydropyridines is 1. The molecule has 0 bridgehead atoms. The number of aliphatic imine (C=N–C) groups is 1. The molecule has 0 saturated carbocycles. The van der Waals surface area contributed by atoms with Crippen molar-refractivity contribution in [3.05, 3.63) is 83.2 Å². The number of ether oxygens (including phenoxy) is 1. The molecule has 1 unspecified atom stereocenters. The number of benzene rings is 1. The smallest absolute Gasteiger partial charge is 0.406 e. The first kappa shape index (κ1) is 26.1. The van der Waals surface area contributed by atoms with Crippen LogP contribution in [0, 0.1) is 12.8 Å². The number of hydrogen-bond acceptors (Lipinski definition) is 9. The van der Waals surface area contributed by atoms with Crippen molar-refractivity contribution in [2.45, 2.75) is 39.6 Å². The van der Waals surface area contributed by atoms with E-state index in [1.54, 1.807) is 6.20 Å². The van der Waals surface area contributed by atoms with Gasteiger partial charge < -0.3 is 19.1 Å². The summed E-state index contributed by atoms with van der Waals surface area (Å²) in [5, 5.41) is 11.1. The van der Waals surface area contributed by atoms with Crippen LogP contribution in [-0.4, -0.2) is 38.9 Å². The Bertz CT molecular complexity index is 1490. The molecule has 4 heterocycles. The standard InChI is InChI=1S/C27H25F3N6O3/c1-16-11-23(26-34-25(36-39-26)19-5-7-21(8-6-19)37-27(28,29)30)32-14-20(16)4-3-18-9-10-31-24(13-18)33-15-22-12-17(2)35-38-22/h5-13,20H,3-4,14-15H2,1-2H3,(H,31,33). The molecule has 0 fully saturated rings. The van der Waals surface area contributed by atoms with Crippen molar-refractivity contribution in [1.29, 1.82) is 0 Å². The monoisotopic (exact) mass is 538 g/mol. The van der Waals surface area contributed by atoms with Gasteiger partial charge in [0.2, 0.25) is 5.82 Å². The molecule has 1 N–H and O–H groups in total. The zero-order valence-electron chi connectivity index (χ0n) is 21.2. The van der Waals surface area contributed by atoms with Gasteiger partial charge in [-0.25, -0.2) is 4.98 Å². The number of rotatable bonds is 9. The Morgan fingerprint density at radius 2 is 1.87 bits per heavy atom. The number of halogens is 3. The van der Waals surface area contributed by atoms with Crippen molar-refractivity contribution < 1.29 is 27.0 Å². The average molecular weight is 539 g/mol. The molecule has 9 nitrogen and oxygen atoms in total. The van der Waals surface area contributed by atoms with Gasteiger partial charge in [-0.3, -0.25) is 4.99 Å². The van der Waals surface area contributed by atoms with Crippen LogP contribution in [0.5, 0.6) is 5.75 Å². The highest BCUT2D eigenvalue weighted by molar-refractivity contribution is 6.06. The van der Waals surface area contributed by atoms with Gasteiger partial charge in [-0.1, -0.05) is 15.9 Å². The van der Waals surface area contributed by atoms with Crippen LogP contribution in [0.15, 0.2) is 74.3 Å². The molecule has 12 heteroatoms. The number of aryl methyl sites for hydroxylation is 2. The van der Waals surface area contributed by atoms with Crippen LogP contribution >= 0.6 is 0 Å². The molecule has 0 amide bonds. The fraction of sp³-hybridized carbons (Fsp3) is 0.296. The third-order valence-corrected chi connectivity index (χ3v) is 6.21. The summed E-state index contributed by atoms with van der Waals surface area (Å²) in [6.07, 6.45) is 0.736. The summed E-state index contributed by atoms with van der Waals surface area (Å²) in [6, 6.07) is 11.2. The zero-order valence-corrected chi connectivity index (χ0v) is 21.2. The molecule has 0 saturated heterocycles. The predicted molar refractivity (Wildman–Crippen MR) is 136 cm³/mol. The highest BCUT2D eigenvalue weighted by Crippen LogP contribution is 2.27. The van der Waals surface area contributed by atoms with E-state index in [1.807, 2.05) is 31.2 Å². The minimum Gasteiger partial charge on any atom is -0.406 e. The number of pyridine rings is 1. The Morgan fingerprint density at radius 3 is 2.59 bits per heavy atom. The van der Waals surface area contributed by atoms with E-state index < -0.39 is 6.36 Å². The van der Waals surface area contributed by atoms with Crippen LogP contribution < -0.4 is 10.1 Å². The van der Waals surface area contributed by atoms with Crippen molar-refractivity contribution >= 4 is 11.5 Å². The number of hydrogen-bond donors (Lipinski definition) is 1. The molecule has 4 aromatic rings. The van der Waals surface area contributed by atoms with E-state index in [-0.39, 0.29) is 23.4 Å². The van der Waals surface area contributed by atoms with Gasteiger partial charge in [-0.2, -0.15) is 4.98 Å². The average Bonchev–Trinajstić information content (AvgIpc) is 3.56. The van der Waals surface area contributed by atoms with Gasteiger partial charge >= 0.3 is 6.36 Å². The summed E-state index contributed by atoms with van der Waals surface area (Å²) in [7, 11) is 0. The first-order valence-corrected chi connectivity index (χ1v) is 12.3. The van der Waals surface area contributed by atoms with Crippen molar-refractivity contribution in [2.24, 2.45) is 10.9 Å². The van der Waals surface area contributed by atoms with Gasteiger partial charge in [0.15, 0.2) is 5.76 Å². The van der Waals surface area contributed by atoms with Gasteiger partial charge in [0, 0.05) is 24.4 Å². The van der Waals surface area contributed by atoms with E-state index in [0.717, 1.165) is 41.3 Å². The highest BCUT2D eigenvalue weighted by atomic mass is 19.4. The minimum atomic E-state index is -4.75. The van der Waals surface area contributed by atoms with E-state index in [2.05, 4.69) is 42.3 Å². The van der Waals surface area contributed by atoms with Crippen LogP contribution in [-0.2, 0) is 13.0 Å². The van der Waals surface area contributed by atoms with Gasteiger partial charge in [0.25, 0.3) is 5.89 Å². The Morgan fingerprint density at radius 1 is 1.05 bits per heavy atom. The largest absolute Gasteiger partial charge is 0.573 e. The lowest BCUT2D eigenvalue weighted by atomic mass is 9.90.